The Morgan fingerprint density at radius 2 is 1.51 bits per heavy atom. The van der Waals surface area contributed by atoms with E-state index in [9.17, 15) is 24.3 Å². The molecule has 4 amide bonds. The van der Waals surface area contributed by atoms with Gasteiger partial charge in [0, 0.05) is 42.6 Å². The van der Waals surface area contributed by atoms with Gasteiger partial charge in [-0.15, -0.1) is 11.3 Å². The lowest BCUT2D eigenvalue weighted by Crippen LogP contribution is -2.57. The van der Waals surface area contributed by atoms with Gasteiger partial charge in [-0.3, -0.25) is 19.4 Å². The fraction of sp³-hybridized carbons (Fsp3) is 0.326. The van der Waals surface area contributed by atoms with E-state index in [-0.39, 0.29) is 37.7 Å². The molecule has 0 saturated heterocycles. The Bertz CT molecular complexity index is 1970. The highest BCUT2D eigenvalue weighted by Gasteiger charge is 2.32. The summed E-state index contributed by atoms with van der Waals surface area (Å²) >= 11 is 1.45. The Morgan fingerprint density at radius 1 is 0.782 bits per heavy atom. The first-order valence-electron chi connectivity index (χ1n) is 18.6. The standard InChI is InChI=1S/C43H49N5O6S/c1-29(2)24-36(39(49)27-40(50)45-22-20-33-17-8-9-21-44-33)46-42(52)38(26-34-18-11-23-55-34)47-41(51)37(48-43(53)54-28-30-12-4-3-5-13-30)25-32-16-10-15-31-14-6-7-19-35(31)32/h3-19,21,23,29,36-39,49H,20,22,24-28H2,1-2H3,(H,45,50)(H,46,52)(H,47,51)(H,48,53)/t36?,37-,38-,39?/m0/s1. The molecule has 11 nitrogen and oxygen atoms in total. The van der Waals surface area contributed by atoms with Gasteiger partial charge in [-0.2, -0.15) is 0 Å². The second kappa shape index (κ2) is 20.8. The van der Waals surface area contributed by atoms with Gasteiger partial charge in [0.1, 0.15) is 18.7 Å². The number of aliphatic hydroxyl groups excluding tert-OH is 1. The van der Waals surface area contributed by atoms with E-state index < -0.39 is 42.1 Å². The summed E-state index contributed by atoms with van der Waals surface area (Å²) in [4.78, 5) is 59.4. The minimum atomic E-state index is -1.18. The summed E-state index contributed by atoms with van der Waals surface area (Å²) in [6, 6.07) is 29.2. The average molecular weight is 764 g/mol. The van der Waals surface area contributed by atoms with E-state index in [0.717, 1.165) is 32.5 Å². The molecule has 55 heavy (non-hydrogen) atoms. The average Bonchev–Trinajstić information content (AvgIpc) is 3.70. The lowest BCUT2D eigenvalue weighted by atomic mass is 9.96. The molecule has 5 aromatic rings. The molecule has 0 spiro atoms. The number of nitrogens with zero attached hydrogens (tertiary/aromatic N) is 1. The first kappa shape index (κ1) is 40.6. The van der Waals surface area contributed by atoms with Crippen LogP contribution in [-0.2, 0) is 45.0 Å². The molecule has 0 radical (unpaired) electrons. The molecule has 2 unspecified atom stereocenters. The highest BCUT2D eigenvalue weighted by molar-refractivity contribution is 7.09. The summed E-state index contributed by atoms with van der Waals surface area (Å²) in [6.45, 7) is 4.29. The van der Waals surface area contributed by atoms with Gasteiger partial charge in [-0.25, -0.2) is 4.79 Å². The topological polar surface area (TPSA) is 159 Å². The molecular weight excluding hydrogens is 715 g/mol. The summed E-state index contributed by atoms with van der Waals surface area (Å²) in [7, 11) is 0. The minimum Gasteiger partial charge on any atom is -0.445 e. The van der Waals surface area contributed by atoms with Crippen LogP contribution in [0.3, 0.4) is 0 Å². The molecule has 0 aliphatic carbocycles. The molecule has 12 heteroatoms. The Hall–Kier alpha value is -5.59. The van der Waals surface area contributed by atoms with Crippen molar-refractivity contribution in [2.45, 2.75) is 76.8 Å². The number of aliphatic hydroxyl groups is 1. The first-order chi connectivity index (χ1) is 26.6. The molecule has 0 bridgehead atoms. The molecule has 2 aromatic heterocycles. The molecule has 3 aromatic carbocycles. The van der Waals surface area contributed by atoms with Crippen molar-refractivity contribution in [2.24, 2.45) is 5.92 Å². The number of nitrogens with one attached hydrogen (secondary N) is 4. The van der Waals surface area contributed by atoms with Gasteiger partial charge in [-0.1, -0.05) is 98.8 Å². The zero-order valence-corrected chi connectivity index (χ0v) is 32.0. The summed E-state index contributed by atoms with van der Waals surface area (Å²) in [5.41, 5.74) is 2.46. The number of benzene rings is 3. The number of amides is 4. The summed E-state index contributed by atoms with van der Waals surface area (Å²) in [6.07, 6.45) is 0.757. The van der Waals surface area contributed by atoms with Gasteiger partial charge in [0.25, 0.3) is 0 Å². The monoisotopic (exact) mass is 763 g/mol. The number of carbonyl (C=O) groups is 4. The Labute approximate surface area is 325 Å². The summed E-state index contributed by atoms with van der Waals surface area (Å²) in [5, 5.41) is 26.5. The summed E-state index contributed by atoms with van der Waals surface area (Å²) < 4.78 is 5.49. The molecule has 0 fully saturated rings. The van der Waals surface area contributed by atoms with Crippen LogP contribution in [0.1, 0.15) is 48.4 Å². The van der Waals surface area contributed by atoms with Crippen molar-refractivity contribution in [2.75, 3.05) is 6.54 Å². The van der Waals surface area contributed by atoms with Gasteiger partial charge in [0.05, 0.1) is 18.6 Å². The third-order valence-corrected chi connectivity index (χ3v) is 9.98. The van der Waals surface area contributed by atoms with Crippen LogP contribution in [0.25, 0.3) is 10.8 Å². The maximum atomic E-state index is 14.2. The predicted molar refractivity (Wildman–Crippen MR) is 214 cm³/mol. The molecule has 5 rings (SSSR count). The maximum Gasteiger partial charge on any atom is 0.408 e. The van der Waals surface area contributed by atoms with Crippen molar-refractivity contribution in [3.05, 3.63) is 136 Å². The lowest BCUT2D eigenvalue weighted by molar-refractivity contribution is -0.131. The number of aromatic nitrogens is 1. The van der Waals surface area contributed by atoms with Crippen LogP contribution in [0.5, 0.6) is 0 Å². The highest BCUT2D eigenvalue weighted by Crippen LogP contribution is 2.21. The zero-order chi connectivity index (χ0) is 39.0. The number of pyridine rings is 1. The molecule has 5 N–H and O–H groups in total. The number of hydrogen-bond acceptors (Lipinski definition) is 8. The molecule has 288 valence electrons. The smallest absolute Gasteiger partial charge is 0.408 e. The molecule has 0 aliphatic rings. The van der Waals surface area contributed by atoms with Crippen molar-refractivity contribution in [1.82, 2.24) is 26.3 Å². The van der Waals surface area contributed by atoms with E-state index >= 15 is 0 Å². The number of fused-ring (bicyclic) bond motifs is 1. The Balaban J connectivity index is 1.30. The van der Waals surface area contributed by atoms with E-state index in [2.05, 4.69) is 26.3 Å². The third kappa shape index (κ3) is 13.0. The van der Waals surface area contributed by atoms with Crippen molar-refractivity contribution < 1.29 is 29.0 Å². The fourth-order valence-electron chi connectivity index (χ4n) is 6.30. The van der Waals surface area contributed by atoms with Crippen LogP contribution in [0.4, 0.5) is 4.79 Å². The minimum absolute atomic E-state index is 0.0144. The number of ether oxygens (including phenoxy) is 1. The van der Waals surface area contributed by atoms with Crippen molar-refractivity contribution in [3.8, 4) is 0 Å². The molecule has 2 heterocycles. The number of alkyl carbamates (subject to hydrolysis) is 1. The van der Waals surface area contributed by atoms with Crippen LogP contribution in [0.15, 0.2) is 115 Å². The van der Waals surface area contributed by atoms with Crippen LogP contribution < -0.4 is 21.3 Å². The van der Waals surface area contributed by atoms with Crippen molar-refractivity contribution in [1.29, 1.82) is 0 Å². The van der Waals surface area contributed by atoms with E-state index in [1.54, 1.807) is 6.20 Å². The zero-order valence-electron chi connectivity index (χ0n) is 31.2. The van der Waals surface area contributed by atoms with Gasteiger partial charge in [-0.05, 0) is 57.8 Å². The van der Waals surface area contributed by atoms with Crippen LogP contribution in [0.2, 0.25) is 0 Å². The first-order valence-corrected chi connectivity index (χ1v) is 19.4. The van der Waals surface area contributed by atoms with E-state index in [1.807, 2.05) is 122 Å². The Morgan fingerprint density at radius 3 is 2.25 bits per heavy atom. The molecule has 0 saturated carbocycles. The molecule has 0 aliphatic heterocycles. The van der Waals surface area contributed by atoms with E-state index in [4.69, 9.17) is 4.74 Å². The highest BCUT2D eigenvalue weighted by atomic mass is 32.1. The number of rotatable bonds is 19. The van der Waals surface area contributed by atoms with Crippen LogP contribution in [0, 0.1) is 5.92 Å². The second-order valence-corrected chi connectivity index (χ2v) is 14.9. The molecular formula is C43H49N5O6S. The third-order valence-electron chi connectivity index (χ3n) is 9.09. The fourth-order valence-corrected chi connectivity index (χ4v) is 7.05. The van der Waals surface area contributed by atoms with Crippen LogP contribution in [-0.4, -0.2) is 64.7 Å². The predicted octanol–water partition coefficient (Wildman–Crippen LogP) is 5.50. The lowest BCUT2D eigenvalue weighted by Gasteiger charge is -2.29. The van der Waals surface area contributed by atoms with E-state index in [1.165, 1.54) is 11.3 Å². The largest absolute Gasteiger partial charge is 0.445 e. The normalized spacial score (nSPS) is 13.3. The summed E-state index contributed by atoms with van der Waals surface area (Å²) in [5.74, 6) is -1.36. The molecule has 4 atom stereocenters. The van der Waals surface area contributed by atoms with Crippen molar-refractivity contribution >= 4 is 45.9 Å². The quantitative estimate of drug-likeness (QED) is 0.0743. The van der Waals surface area contributed by atoms with Gasteiger partial charge < -0.3 is 31.1 Å². The van der Waals surface area contributed by atoms with E-state index in [0.29, 0.717) is 19.4 Å². The number of thiophene rings is 1. The van der Waals surface area contributed by atoms with Gasteiger partial charge >= 0.3 is 6.09 Å². The number of hydrogen-bond donors (Lipinski definition) is 5. The number of carbonyl (C=O) groups excluding carboxylic acids is 4. The second-order valence-electron chi connectivity index (χ2n) is 13.9. The van der Waals surface area contributed by atoms with Crippen LogP contribution >= 0.6 is 11.3 Å². The Kier molecular flexibility index (Phi) is 15.3. The van der Waals surface area contributed by atoms with Gasteiger partial charge in [0.15, 0.2) is 0 Å². The maximum absolute atomic E-state index is 14.2. The van der Waals surface area contributed by atoms with Gasteiger partial charge in [0.2, 0.25) is 17.7 Å². The van der Waals surface area contributed by atoms with Crippen molar-refractivity contribution in [3.63, 3.8) is 0 Å². The SMILES string of the molecule is CC(C)CC(NC(=O)[C@H](Cc1cccs1)NC(=O)[C@H](Cc1cccc2ccccc12)NC(=O)OCc1ccccc1)C(O)CC(=O)NCCc1ccccn1.